The quantitative estimate of drug-likeness (QED) is 0.711. The molecule has 1 N–H and O–H groups in total. The van der Waals surface area contributed by atoms with Crippen molar-refractivity contribution in [1.82, 2.24) is 4.31 Å². The van der Waals surface area contributed by atoms with Crippen LogP contribution in [0.25, 0.3) is 0 Å². The Morgan fingerprint density at radius 1 is 1.44 bits per heavy atom. The minimum atomic E-state index is -3.56. The van der Waals surface area contributed by atoms with Crippen molar-refractivity contribution in [3.63, 3.8) is 0 Å². The van der Waals surface area contributed by atoms with Gasteiger partial charge in [-0.05, 0) is 5.41 Å². The Morgan fingerprint density at radius 2 is 1.94 bits per heavy atom. The molecule has 6 heteroatoms. The van der Waals surface area contributed by atoms with Gasteiger partial charge >= 0.3 is 5.97 Å². The van der Waals surface area contributed by atoms with E-state index >= 15 is 0 Å². The molecule has 0 heterocycles. The summed E-state index contributed by atoms with van der Waals surface area (Å²) in [6, 6.07) is 0. The molecule has 0 radical (unpaired) electrons. The van der Waals surface area contributed by atoms with Crippen LogP contribution in [-0.2, 0) is 14.8 Å². The number of nitrogens with zero attached hydrogens (tertiary/aromatic N) is 1. The first-order chi connectivity index (χ1) is 7.08. The van der Waals surface area contributed by atoms with Gasteiger partial charge in [0.25, 0.3) is 0 Å². The first-order valence-electron chi connectivity index (χ1n) is 4.89. The Bertz CT molecular complexity index is 354. The molecule has 0 aromatic carbocycles. The molecule has 0 aromatic heterocycles. The standard InChI is InChI=1S/C10H19NO4S/c1-5-6-11(7-9(12)13)16(14,15)8-10(2,3)4/h5H,1,6-8H2,2-4H3,(H,12,13). The molecule has 5 nitrogen and oxygen atoms in total. The monoisotopic (exact) mass is 249 g/mol. The zero-order valence-corrected chi connectivity index (χ0v) is 10.7. The average molecular weight is 249 g/mol. The molecule has 16 heavy (non-hydrogen) atoms. The van der Waals surface area contributed by atoms with E-state index in [1.54, 1.807) is 20.8 Å². The van der Waals surface area contributed by atoms with Crippen LogP contribution in [0.5, 0.6) is 0 Å². The molecule has 0 rings (SSSR count). The normalized spacial score (nSPS) is 12.8. The van der Waals surface area contributed by atoms with Gasteiger partial charge in [0.1, 0.15) is 6.54 Å². The van der Waals surface area contributed by atoms with Crippen molar-refractivity contribution in [3.05, 3.63) is 12.7 Å². The summed E-state index contributed by atoms with van der Waals surface area (Å²) in [5.74, 6) is -1.25. The number of aliphatic carboxylic acids is 1. The van der Waals surface area contributed by atoms with Crippen LogP contribution in [0.2, 0.25) is 0 Å². The van der Waals surface area contributed by atoms with Gasteiger partial charge in [-0.1, -0.05) is 26.8 Å². The van der Waals surface area contributed by atoms with E-state index in [2.05, 4.69) is 6.58 Å². The number of sulfonamides is 1. The second kappa shape index (κ2) is 5.45. The zero-order valence-electron chi connectivity index (χ0n) is 9.93. The summed E-state index contributed by atoms with van der Waals surface area (Å²) < 4.78 is 24.7. The Labute approximate surface area is 96.8 Å². The van der Waals surface area contributed by atoms with Gasteiger partial charge in [0.2, 0.25) is 10.0 Å². The van der Waals surface area contributed by atoms with Crippen LogP contribution in [0.3, 0.4) is 0 Å². The van der Waals surface area contributed by atoms with E-state index in [9.17, 15) is 13.2 Å². The molecule has 0 fully saturated rings. The fourth-order valence-electron chi connectivity index (χ4n) is 1.21. The number of carboxylic acids is 1. The lowest BCUT2D eigenvalue weighted by molar-refractivity contribution is -0.137. The molecule has 0 aliphatic carbocycles. The number of carbonyl (C=O) groups is 1. The van der Waals surface area contributed by atoms with E-state index in [-0.39, 0.29) is 12.3 Å². The summed E-state index contributed by atoms with van der Waals surface area (Å²) >= 11 is 0. The van der Waals surface area contributed by atoms with E-state index in [0.717, 1.165) is 4.31 Å². The first kappa shape index (κ1) is 15.1. The third kappa shape index (κ3) is 5.87. The van der Waals surface area contributed by atoms with E-state index in [1.807, 2.05) is 0 Å². The van der Waals surface area contributed by atoms with Crippen LogP contribution < -0.4 is 0 Å². The largest absolute Gasteiger partial charge is 0.480 e. The lowest BCUT2D eigenvalue weighted by Gasteiger charge is -2.24. The van der Waals surface area contributed by atoms with Crippen molar-refractivity contribution in [2.75, 3.05) is 18.8 Å². The summed E-state index contributed by atoms with van der Waals surface area (Å²) in [4.78, 5) is 10.6. The summed E-state index contributed by atoms with van der Waals surface area (Å²) in [5, 5.41) is 8.63. The molecule has 0 amide bonds. The van der Waals surface area contributed by atoms with Gasteiger partial charge < -0.3 is 5.11 Å². The fourth-order valence-corrected chi connectivity index (χ4v) is 3.13. The average Bonchev–Trinajstić information content (AvgIpc) is 1.97. The minimum absolute atomic E-state index is 0.0186. The van der Waals surface area contributed by atoms with Gasteiger partial charge in [-0.25, -0.2) is 8.42 Å². The van der Waals surface area contributed by atoms with Crippen molar-refractivity contribution in [3.8, 4) is 0 Å². The van der Waals surface area contributed by atoms with Gasteiger partial charge in [0.15, 0.2) is 0 Å². The highest BCUT2D eigenvalue weighted by Gasteiger charge is 2.28. The topological polar surface area (TPSA) is 74.7 Å². The minimum Gasteiger partial charge on any atom is -0.480 e. The summed E-state index contributed by atoms with van der Waals surface area (Å²) in [5.41, 5.74) is -0.406. The van der Waals surface area contributed by atoms with E-state index in [0.29, 0.717) is 0 Å². The maximum atomic E-state index is 11.9. The molecule has 0 atom stereocenters. The number of carboxylic acid groups (broad SMARTS) is 1. The lowest BCUT2D eigenvalue weighted by atomic mass is 10.0. The summed E-state index contributed by atoms with van der Waals surface area (Å²) in [6.07, 6.45) is 1.38. The molecule has 0 unspecified atom stereocenters. The number of hydrogen-bond acceptors (Lipinski definition) is 3. The van der Waals surface area contributed by atoms with Crippen molar-refractivity contribution >= 4 is 16.0 Å². The Hall–Kier alpha value is -0.880. The van der Waals surface area contributed by atoms with Gasteiger partial charge in [-0.2, -0.15) is 4.31 Å². The Kier molecular flexibility index (Phi) is 5.15. The van der Waals surface area contributed by atoms with Crippen LogP contribution >= 0.6 is 0 Å². The van der Waals surface area contributed by atoms with E-state index in [4.69, 9.17) is 5.11 Å². The molecule has 0 aliphatic rings. The molecule has 0 aromatic rings. The van der Waals surface area contributed by atoms with Gasteiger partial charge in [-0.3, -0.25) is 4.79 Å². The van der Waals surface area contributed by atoms with Crippen molar-refractivity contribution in [1.29, 1.82) is 0 Å². The SMILES string of the molecule is C=CCN(CC(=O)O)S(=O)(=O)CC(C)(C)C. The summed E-state index contributed by atoms with van der Waals surface area (Å²) in [7, 11) is -3.56. The van der Waals surface area contributed by atoms with Crippen LogP contribution in [0.4, 0.5) is 0 Å². The number of rotatable bonds is 6. The summed E-state index contributed by atoms with van der Waals surface area (Å²) in [6.45, 7) is 8.28. The van der Waals surface area contributed by atoms with E-state index < -0.39 is 28.0 Å². The van der Waals surface area contributed by atoms with Crippen LogP contribution in [-0.4, -0.2) is 42.6 Å². The first-order valence-corrected chi connectivity index (χ1v) is 6.50. The molecule has 0 aliphatic heterocycles. The molecule has 0 bridgehead atoms. The molecular formula is C10H19NO4S. The van der Waals surface area contributed by atoms with Crippen LogP contribution in [0.1, 0.15) is 20.8 Å². The zero-order chi connectivity index (χ0) is 13.0. The molecular weight excluding hydrogens is 230 g/mol. The smallest absolute Gasteiger partial charge is 0.318 e. The van der Waals surface area contributed by atoms with Gasteiger partial charge in [0.05, 0.1) is 5.75 Å². The fraction of sp³-hybridized carbons (Fsp3) is 0.700. The Morgan fingerprint density at radius 3 is 2.25 bits per heavy atom. The maximum absolute atomic E-state index is 11.9. The van der Waals surface area contributed by atoms with Crippen molar-refractivity contribution < 1.29 is 18.3 Å². The highest BCUT2D eigenvalue weighted by Crippen LogP contribution is 2.18. The van der Waals surface area contributed by atoms with Crippen molar-refractivity contribution in [2.45, 2.75) is 20.8 Å². The lowest BCUT2D eigenvalue weighted by Crippen LogP contribution is -2.40. The van der Waals surface area contributed by atoms with E-state index in [1.165, 1.54) is 6.08 Å². The van der Waals surface area contributed by atoms with Gasteiger partial charge in [0, 0.05) is 6.54 Å². The third-order valence-corrected chi connectivity index (χ3v) is 3.95. The molecule has 0 spiro atoms. The van der Waals surface area contributed by atoms with Crippen LogP contribution in [0.15, 0.2) is 12.7 Å². The predicted octanol–water partition coefficient (Wildman–Crippen LogP) is 0.935. The highest BCUT2D eigenvalue weighted by atomic mass is 32.2. The molecule has 94 valence electrons. The second-order valence-corrected chi connectivity index (χ2v) is 6.76. The van der Waals surface area contributed by atoms with Crippen LogP contribution in [0, 0.1) is 5.41 Å². The maximum Gasteiger partial charge on any atom is 0.318 e. The second-order valence-electron chi connectivity index (χ2n) is 4.79. The van der Waals surface area contributed by atoms with Crippen molar-refractivity contribution in [2.24, 2.45) is 5.41 Å². The molecule has 0 saturated heterocycles. The van der Waals surface area contributed by atoms with Gasteiger partial charge in [-0.15, -0.1) is 6.58 Å². The Balaban J connectivity index is 4.89. The number of hydrogen-bond donors (Lipinski definition) is 1. The highest BCUT2D eigenvalue weighted by molar-refractivity contribution is 7.89. The third-order valence-electron chi connectivity index (χ3n) is 1.65. The predicted molar refractivity (Wildman–Crippen MR) is 62.6 cm³/mol. The molecule has 0 saturated carbocycles.